The summed E-state index contributed by atoms with van der Waals surface area (Å²) in [5.74, 6) is 0.481. The Morgan fingerprint density at radius 2 is 2.34 bits per heavy atom. The third kappa shape index (κ3) is 4.24. The molecule has 0 aliphatic carbocycles. The number of nitrogens with zero attached hydrogens (tertiary/aromatic N) is 5. The second-order valence-electron chi connectivity index (χ2n) is 7.24. The van der Waals surface area contributed by atoms with Crippen molar-refractivity contribution >= 4 is 23.3 Å². The molecule has 29 heavy (non-hydrogen) atoms. The summed E-state index contributed by atoms with van der Waals surface area (Å²) in [6.07, 6.45) is 7.15. The maximum atomic E-state index is 13.1. The van der Waals surface area contributed by atoms with E-state index in [4.69, 9.17) is 4.74 Å². The van der Waals surface area contributed by atoms with Crippen LogP contribution in [0, 0.1) is 0 Å². The van der Waals surface area contributed by atoms with Crippen molar-refractivity contribution in [1.29, 1.82) is 0 Å². The van der Waals surface area contributed by atoms with Crippen molar-refractivity contribution in [3.8, 4) is 0 Å². The Hall–Kier alpha value is -2.94. The maximum Gasteiger partial charge on any atom is 0.255 e. The van der Waals surface area contributed by atoms with Crippen LogP contribution in [0.3, 0.4) is 0 Å². The number of carbonyl (C=O) groups excluding carboxylic acids is 2. The van der Waals surface area contributed by atoms with Gasteiger partial charge < -0.3 is 19.9 Å². The lowest BCUT2D eigenvalue weighted by Crippen LogP contribution is -2.44. The number of anilines is 2. The van der Waals surface area contributed by atoms with E-state index in [1.165, 1.54) is 0 Å². The highest BCUT2D eigenvalue weighted by Gasteiger charge is 2.30. The van der Waals surface area contributed by atoms with Gasteiger partial charge in [0, 0.05) is 38.3 Å². The van der Waals surface area contributed by atoms with Crippen molar-refractivity contribution in [2.75, 3.05) is 43.0 Å². The molecular weight excluding hydrogens is 372 g/mol. The van der Waals surface area contributed by atoms with E-state index in [2.05, 4.69) is 15.4 Å². The number of carbonyl (C=O) groups is 2. The van der Waals surface area contributed by atoms with Crippen LogP contribution >= 0.6 is 0 Å². The summed E-state index contributed by atoms with van der Waals surface area (Å²) in [5.41, 5.74) is 1.12. The normalized spacial score (nSPS) is 18.4. The van der Waals surface area contributed by atoms with Gasteiger partial charge in [0.1, 0.15) is 5.82 Å². The average Bonchev–Trinajstić information content (AvgIpc) is 3.44. The first-order valence-corrected chi connectivity index (χ1v) is 10.1. The molecule has 1 fully saturated rings. The first kappa shape index (κ1) is 19.4. The van der Waals surface area contributed by atoms with Crippen molar-refractivity contribution in [1.82, 2.24) is 19.7 Å². The molecule has 0 radical (unpaired) electrons. The van der Waals surface area contributed by atoms with Gasteiger partial charge in [0.15, 0.2) is 0 Å². The summed E-state index contributed by atoms with van der Waals surface area (Å²) in [6.45, 7) is 5.11. The molecule has 0 spiro atoms. The van der Waals surface area contributed by atoms with E-state index in [0.29, 0.717) is 43.2 Å². The smallest absolute Gasteiger partial charge is 0.255 e. The Labute approximate surface area is 169 Å². The summed E-state index contributed by atoms with van der Waals surface area (Å²) in [5, 5.41) is 7.22. The number of fused-ring (bicyclic) bond motifs is 1. The van der Waals surface area contributed by atoms with E-state index < -0.39 is 0 Å². The Bertz CT molecular complexity index is 863. The van der Waals surface area contributed by atoms with Crippen LogP contribution in [0.25, 0.3) is 0 Å². The zero-order valence-electron chi connectivity index (χ0n) is 16.6. The van der Waals surface area contributed by atoms with Crippen molar-refractivity contribution in [2.24, 2.45) is 0 Å². The van der Waals surface area contributed by atoms with Crippen LogP contribution in [0.5, 0.6) is 0 Å². The number of hydrogen-bond donors (Lipinski definition) is 1. The molecule has 1 N–H and O–H groups in total. The van der Waals surface area contributed by atoms with Crippen LogP contribution in [-0.2, 0) is 16.1 Å². The van der Waals surface area contributed by atoms with E-state index in [1.807, 2.05) is 19.2 Å². The van der Waals surface area contributed by atoms with Crippen LogP contribution in [0.4, 0.5) is 11.5 Å². The molecule has 0 saturated carbocycles. The molecule has 1 saturated heterocycles. The SMILES string of the molecule is CCN(CCn1cccn1)C(=O)c1cnc2c(c1)N(CC1CCCO1)C(=O)CN2. The van der Waals surface area contributed by atoms with E-state index >= 15 is 0 Å². The lowest BCUT2D eigenvalue weighted by molar-refractivity contribution is -0.117. The molecule has 4 rings (SSSR count). The highest BCUT2D eigenvalue weighted by Crippen LogP contribution is 2.30. The number of likely N-dealkylation sites (N-methyl/N-ethyl adjacent to an activating group) is 1. The fourth-order valence-electron chi connectivity index (χ4n) is 3.74. The summed E-state index contributed by atoms with van der Waals surface area (Å²) in [7, 11) is 0. The molecule has 2 amide bonds. The predicted octanol–water partition coefficient (Wildman–Crippen LogP) is 1.38. The van der Waals surface area contributed by atoms with Crippen LogP contribution in [0.2, 0.25) is 0 Å². The van der Waals surface area contributed by atoms with Gasteiger partial charge in [-0.15, -0.1) is 0 Å². The number of aromatic nitrogens is 3. The minimum Gasteiger partial charge on any atom is -0.376 e. The minimum absolute atomic E-state index is 0.0328. The Balaban J connectivity index is 1.52. The first-order chi connectivity index (χ1) is 14.2. The van der Waals surface area contributed by atoms with Gasteiger partial charge in [0.2, 0.25) is 5.91 Å². The monoisotopic (exact) mass is 398 g/mol. The molecule has 0 bridgehead atoms. The van der Waals surface area contributed by atoms with E-state index in [-0.39, 0.29) is 24.5 Å². The highest BCUT2D eigenvalue weighted by atomic mass is 16.5. The third-order valence-electron chi connectivity index (χ3n) is 5.35. The van der Waals surface area contributed by atoms with Gasteiger partial charge in [-0.1, -0.05) is 0 Å². The molecule has 9 nitrogen and oxygen atoms in total. The fraction of sp³-hybridized carbons (Fsp3) is 0.500. The molecule has 1 unspecified atom stereocenters. The Morgan fingerprint density at radius 3 is 3.07 bits per heavy atom. The lowest BCUT2D eigenvalue weighted by Gasteiger charge is -2.31. The standard InChI is InChI=1S/C20H26N6O3/c1-2-24(8-9-25-7-4-6-23-25)20(28)15-11-17-19(21-12-15)22-13-18(27)26(17)14-16-5-3-10-29-16/h4,6-7,11-12,16H,2-3,5,8-10,13-14H2,1H3,(H,21,22). The van der Waals surface area contributed by atoms with Crippen LogP contribution in [0.15, 0.2) is 30.7 Å². The fourth-order valence-corrected chi connectivity index (χ4v) is 3.74. The molecule has 1 atom stereocenters. The molecule has 2 aromatic heterocycles. The maximum absolute atomic E-state index is 13.1. The first-order valence-electron chi connectivity index (χ1n) is 10.1. The van der Waals surface area contributed by atoms with Gasteiger partial charge in [-0.05, 0) is 31.9 Å². The molecule has 9 heteroatoms. The minimum atomic E-state index is -0.106. The summed E-state index contributed by atoms with van der Waals surface area (Å²) in [4.78, 5) is 33.5. The van der Waals surface area contributed by atoms with E-state index in [0.717, 1.165) is 19.4 Å². The molecule has 0 aromatic carbocycles. The summed E-state index contributed by atoms with van der Waals surface area (Å²) < 4.78 is 7.50. The zero-order chi connectivity index (χ0) is 20.2. The van der Waals surface area contributed by atoms with Crippen molar-refractivity contribution in [3.05, 3.63) is 36.3 Å². The van der Waals surface area contributed by atoms with Crippen LogP contribution < -0.4 is 10.2 Å². The van der Waals surface area contributed by atoms with E-state index in [1.54, 1.807) is 32.9 Å². The van der Waals surface area contributed by atoms with Gasteiger partial charge in [-0.2, -0.15) is 5.10 Å². The number of hydrogen-bond acceptors (Lipinski definition) is 6. The van der Waals surface area contributed by atoms with Crippen molar-refractivity contribution in [2.45, 2.75) is 32.4 Å². The average molecular weight is 398 g/mol. The van der Waals surface area contributed by atoms with Gasteiger partial charge in [-0.25, -0.2) is 4.98 Å². The summed E-state index contributed by atoms with van der Waals surface area (Å²) in [6, 6.07) is 3.62. The van der Waals surface area contributed by atoms with E-state index in [9.17, 15) is 9.59 Å². The predicted molar refractivity (Wildman–Crippen MR) is 108 cm³/mol. The Morgan fingerprint density at radius 1 is 1.45 bits per heavy atom. The number of amides is 2. The second-order valence-corrected chi connectivity index (χ2v) is 7.24. The number of nitrogens with one attached hydrogen (secondary N) is 1. The molecule has 154 valence electrons. The molecular formula is C20H26N6O3. The highest BCUT2D eigenvalue weighted by molar-refractivity contribution is 6.04. The zero-order valence-corrected chi connectivity index (χ0v) is 16.6. The molecule has 4 heterocycles. The number of pyridine rings is 1. The van der Waals surface area contributed by atoms with Crippen LogP contribution in [0.1, 0.15) is 30.1 Å². The van der Waals surface area contributed by atoms with Gasteiger partial charge in [0.05, 0.1) is 37.0 Å². The van der Waals surface area contributed by atoms with Gasteiger partial charge >= 0.3 is 0 Å². The number of ether oxygens (including phenoxy) is 1. The molecule has 2 aliphatic heterocycles. The lowest BCUT2D eigenvalue weighted by atomic mass is 10.1. The molecule has 2 aromatic rings. The van der Waals surface area contributed by atoms with Gasteiger partial charge in [-0.3, -0.25) is 14.3 Å². The van der Waals surface area contributed by atoms with Crippen LogP contribution in [-0.4, -0.2) is 70.4 Å². The summed E-state index contributed by atoms with van der Waals surface area (Å²) >= 11 is 0. The largest absolute Gasteiger partial charge is 0.376 e. The topological polar surface area (TPSA) is 92.6 Å². The quantitative estimate of drug-likeness (QED) is 0.758. The van der Waals surface area contributed by atoms with Crippen molar-refractivity contribution < 1.29 is 14.3 Å². The second kappa shape index (κ2) is 8.60. The molecule has 2 aliphatic rings. The Kier molecular flexibility index (Phi) is 5.75. The van der Waals surface area contributed by atoms with Gasteiger partial charge in [0.25, 0.3) is 5.91 Å². The number of rotatable bonds is 7. The third-order valence-corrected chi connectivity index (χ3v) is 5.35. The van der Waals surface area contributed by atoms with Crippen molar-refractivity contribution in [3.63, 3.8) is 0 Å².